The van der Waals surface area contributed by atoms with Crippen LogP contribution in [0.3, 0.4) is 0 Å². The summed E-state index contributed by atoms with van der Waals surface area (Å²) in [5.74, 6) is 0. The maximum atomic E-state index is 5.77. The molecule has 2 rings (SSSR count). The molecule has 100 valence electrons. The zero-order valence-electron chi connectivity index (χ0n) is 11.3. The summed E-state index contributed by atoms with van der Waals surface area (Å²) < 4.78 is 5.77. The number of ether oxygens (including phenoxy) is 1. The van der Waals surface area contributed by atoms with Crippen LogP contribution in [0.25, 0.3) is 0 Å². The van der Waals surface area contributed by atoms with Crippen LogP contribution >= 0.6 is 0 Å². The van der Waals surface area contributed by atoms with Gasteiger partial charge in [-0.2, -0.15) is 0 Å². The van der Waals surface area contributed by atoms with Crippen LogP contribution in [0.4, 0.5) is 0 Å². The zero-order chi connectivity index (χ0) is 12.8. The number of nitrogens with two attached hydrogens (primary N) is 1. The van der Waals surface area contributed by atoms with Gasteiger partial charge < -0.3 is 10.5 Å². The number of likely N-dealkylation sites (N-methyl/N-ethyl adjacent to an activating group) is 1. The lowest BCUT2D eigenvalue weighted by molar-refractivity contribution is -0.00259. The molecule has 0 spiro atoms. The number of hydrogen-bond acceptors (Lipinski definition) is 3. The Balaban J connectivity index is 1.83. The molecule has 1 aliphatic heterocycles. The fraction of sp³-hybridized carbons (Fsp3) is 0.600. The average molecular weight is 248 g/mol. The molecule has 1 heterocycles. The van der Waals surface area contributed by atoms with E-state index in [1.54, 1.807) is 0 Å². The van der Waals surface area contributed by atoms with Crippen molar-refractivity contribution in [2.24, 2.45) is 5.73 Å². The van der Waals surface area contributed by atoms with Crippen LogP contribution in [0.2, 0.25) is 0 Å². The van der Waals surface area contributed by atoms with E-state index in [1.807, 2.05) is 0 Å². The average Bonchev–Trinajstić information content (AvgIpc) is 2.40. The number of benzene rings is 1. The van der Waals surface area contributed by atoms with E-state index in [2.05, 4.69) is 36.2 Å². The predicted octanol–water partition coefficient (Wildman–Crippen LogP) is 2.15. The molecule has 1 aromatic rings. The maximum absolute atomic E-state index is 5.77. The lowest BCUT2D eigenvalue weighted by atomic mass is 10.1. The maximum Gasteiger partial charge on any atom is 0.0702 e. The van der Waals surface area contributed by atoms with Gasteiger partial charge in [0.25, 0.3) is 0 Å². The largest absolute Gasteiger partial charge is 0.377 e. The summed E-state index contributed by atoms with van der Waals surface area (Å²) in [6.45, 7) is 3.53. The first-order valence-electron chi connectivity index (χ1n) is 6.86. The lowest BCUT2D eigenvalue weighted by Gasteiger charge is -2.27. The molecule has 1 fully saturated rings. The van der Waals surface area contributed by atoms with Crippen LogP contribution < -0.4 is 5.73 Å². The Morgan fingerprint density at radius 1 is 1.33 bits per heavy atom. The summed E-state index contributed by atoms with van der Waals surface area (Å²) in [4.78, 5) is 2.34. The summed E-state index contributed by atoms with van der Waals surface area (Å²) >= 11 is 0. The van der Waals surface area contributed by atoms with Gasteiger partial charge in [-0.05, 0) is 37.4 Å². The zero-order valence-corrected chi connectivity index (χ0v) is 11.3. The third-order valence-electron chi connectivity index (χ3n) is 3.47. The number of nitrogens with zero attached hydrogens (tertiary/aromatic N) is 1. The SMILES string of the molecule is CN(Cc1cccc(CN)c1)CC1CCCCO1. The van der Waals surface area contributed by atoms with E-state index in [-0.39, 0.29) is 0 Å². The minimum Gasteiger partial charge on any atom is -0.377 e. The molecule has 18 heavy (non-hydrogen) atoms. The Labute approximate surface area is 110 Å². The van der Waals surface area contributed by atoms with Crippen molar-refractivity contribution >= 4 is 0 Å². The van der Waals surface area contributed by atoms with Crippen molar-refractivity contribution in [2.75, 3.05) is 20.2 Å². The van der Waals surface area contributed by atoms with E-state index < -0.39 is 0 Å². The van der Waals surface area contributed by atoms with Gasteiger partial charge in [-0.15, -0.1) is 0 Å². The third kappa shape index (κ3) is 4.09. The van der Waals surface area contributed by atoms with Crippen LogP contribution in [0.15, 0.2) is 24.3 Å². The predicted molar refractivity (Wildman–Crippen MR) is 74.3 cm³/mol. The highest BCUT2D eigenvalue weighted by Gasteiger charge is 2.15. The Hall–Kier alpha value is -0.900. The van der Waals surface area contributed by atoms with E-state index in [1.165, 1.54) is 30.4 Å². The Bertz CT molecular complexity index is 361. The molecule has 1 aliphatic rings. The molecule has 2 N–H and O–H groups in total. The second-order valence-corrected chi connectivity index (χ2v) is 5.21. The molecule has 0 saturated carbocycles. The van der Waals surface area contributed by atoms with Crippen molar-refractivity contribution in [3.63, 3.8) is 0 Å². The minimum atomic E-state index is 0.418. The van der Waals surface area contributed by atoms with Crippen molar-refractivity contribution in [3.8, 4) is 0 Å². The summed E-state index contributed by atoms with van der Waals surface area (Å²) in [5, 5.41) is 0. The third-order valence-corrected chi connectivity index (χ3v) is 3.47. The van der Waals surface area contributed by atoms with Gasteiger partial charge in [-0.25, -0.2) is 0 Å². The fourth-order valence-corrected chi connectivity index (χ4v) is 2.53. The molecule has 3 heteroatoms. The van der Waals surface area contributed by atoms with E-state index in [0.717, 1.165) is 19.7 Å². The van der Waals surface area contributed by atoms with Crippen LogP contribution in [-0.4, -0.2) is 31.2 Å². The first-order valence-corrected chi connectivity index (χ1v) is 6.86. The number of rotatable bonds is 5. The standard InChI is InChI=1S/C15H24N2O/c1-17(12-15-7-2-3-8-18-15)11-14-6-4-5-13(9-14)10-16/h4-6,9,15H,2-3,7-8,10-12,16H2,1H3. The summed E-state index contributed by atoms with van der Waals surface area (Å²) in [6.07, 6.45) is 4.15. The first kappa shape index (κ1) is 13.5. The van der Waals surface area contributed by atoms with Gasteiger partial charge in [0, 0.05) is 26.2 Å². The van der Waals surface area contributed by atoms with Gasteiger partial charge in [-0.3, -0.25) is 4.90 Å². The van der Waals surface area contributed by atoms with Crippen molar-refractivity contribution in [3.05, 3.63) is 35.4 Å². The van der Waals surface area contributed by atoms with Crippen LogP contribution in [0, 0.1) is 0 Å². The molecular formula is C15H24N2O. The van der Waals surface area contributed by atoms with Crippen LogP contribution in [0.5, 0.6) is 0 Å². The van der Waals surface area contributed by atoms with E-state index in [4.69, 9.17) is 10.5 Å². The van der Waals surface area contributed by atoms with Crippen molar-refractivity contribution < 1.29 is 4.74 Å². The monoisotopic (exact) mass is 248 g/mol. The molecule has 3 nitrogen and oxygen atoms in total. The van der Waals surface area contributed by atoms with E-state index in [0.29, 0.717) is 12.6 Å². The number of hydrogen-bond donors (Lipinski definition) is 1. The molecule has 1 saturated heterocycles. The van der Waals surface area contributed by atoms with Gasteiger partial charge in [-0.1, -0.05) is 24.3 Å². The highest BCUT2D eigenvalue weighted by Crippen LogP contribution is 2.14. The van der Waals surface area contributed by atoms with Crippen molar-refractivity contribution in [2.45, 2.75) is 38.5 Å². The van der Waals surface area contributed by atoms with Gasteiger partial charge in [0.05, 0.1) is 6.10 Å². The van der Waals surface area contributed by atoms with Crippen LogP contribution in [0.1, 0.15) is 30.4 Å². The second-order valence-electron chi connectivity index (χ2n) is 5.21. The highest BCUT2D eigenvalue weighted by atomic mass is 16.5. The molecule has 1 atom stereocenters. The molecular weight excluding hydrogens is 224 g/mol. The second kappa shape index (κ2) is 6.88. The lowest BCUT2D eigenvalue weighted by Crippen LogP contribution is -2.33. The van der Waals surface area contributed by atoms with E-state index >= 15 is 0 Å². The first-order chi connectivity index (χ1) is 8.78. The molecule has 1 aromatic carbocycles. The molecule has 0 aliphatic carbocycles. The van der Waals surface area contributed by atoms with Gasteiger partial charge >= 0.3 is 0 Å². The topological polar surface area (TPSA) is 38.5 Å². The fourth-order valence-electron chi connectivity index (χ4n) is 2.53. The minimum absolute atomic E-state index is 0.418. The van der Waals surface area contributed by atoms with E-state index in [9.17, 15) is 0 Å². The van der Waals surface area contributed by atoms with Crippen LogP contribution in [-0.2, 0) is 17.8 Å². The Kier molecular flexibility index (Phi) is 5.17. The van der Waals surface area contributed by atoms with Gasteiger partial charge in [0.1, 0.15) is 0 Å². The van der Waals surface area contributed by atoms with Gasteiger partial charge in [0.2, 0.25) is 0 Å². The molecule has 0 radical (unpaired) electrons. The quantitative estimate of drug-likeness (QED) is 0.867. The molecule has 1 unspecified atom stereocenters. The van der Waals surface area contributed by atoms with Crippen molar-refractivity contribution in [1.82, 2.24) is 4.90 Å². The highest BCUT2D eigenvalue weighted by molar-refractivity contribution is 5.23. The Morgan fingerprint density at radius 2 is 2.17 bits per heavy atom. The van der Waals surface area contributed by atoms with Gasteiger partial charge in [0.15, 0.2) is 0 Å². The summed E-state index contributed by atoms with van der Waals surface area (Å²) in [5.41, 5.74) is 8.20. The van der Waals surface area contributed by atoms with Crippen molar-refractivity contribution in [1.29, 1.82) is 0 Å². The summed E-state index contributed by atoms with van der Waals surface area (Å²) in [6, 6.07) is 8.52. The Morgan fingerprint density at radius 3 is 2.89 bits per heavy atom. The summed E-state index contributed by atoms with van der Waals surface area (Å²) in [7, 11) is 2.16. The molecule has 0 aromatic heterocycles. The molecule has 0 amide bonds. The smallest absolute Gasteiger partial charge is 0.0702 e. The molecule has 0 bridgehead atoms. The normalized spacial score (nSPS) is 20.3.